The number of nitrogens with one attached hydrogen (secondary N) is 1. The first-order valence-electron chi connectivity index (χ1n) is 11.8. The van der Waals surface area contributed by atoms with E-state index in [1.165, 1.54) is 10.3 Å². The summed E-state index contributed by atoms with van der Waals surface area (Å²) in [5.74, 6) is 0.762. The van der Waals surface area contributed by atoms with Crippen molar-refractivity contribution in [2.45, 2.75) is 46.5 Å². The van der Waals surface area contributed by atoms with Crippen LogP contribution in [0, 0.1) is 5.92 Å². The normalized spacial score (nSPS) is 11.2. The maximum Gasteiger partial charge on any atom is 0.306 e. The molecule has 0 fully saturated rings. The Morgan fingerprint density at radius 3 is 2.54 bits per heavy atom. The van der Waals surface area contributed by atoms with Gasteiger partial charge in [-0.2, -0.15) is 0 Å². The van der Waals surface area contributed by atoms with Gasteiger partial charge in [-0.1, -0.05) is 26.8 Å². The summed E-state index contributed by atoms with van der Waals surface area (Å²) in [5, 5.41) is 13.1. The molecule has 182 valence electrons. The van der Waals surface area contributed by atoms with Crippen LogP contribution in [-0.4, -0.2) is 32.6 Å². The number of anilines is 2. The summed E-state index contributed by atoms with van der Waals surface area (Å²) >= 11 is 1.72. The van der Waals surface area contributed by atoms with Crippen molar-refractivity contribution in [1.29, 1.82) is 0 Å². The Hall–Kier alpha value is -3.52. The Balaban J connectivity index is 1.52. The van der Waals surface area contributed by atoms with Gasteiger partial charge in [0.1, 0.15) is 5.75 Å². The number of aromatic nitrogens is 3. The molecule has 0 saturated heterocycles. The Morgan fingerprint density at radius 2 is 1.83 bits per heavy atom. The number of hydrogen-bond acceptors (Lipinski definition) is 7. The third kappa shape index (κ3) is 6.99. The molecule has 8 heteroatoms. The van der Waals surface area contributed by atoms with Crippen molar-refractivity contribution >= 4 is 39.2 Å². The molecule has 2 N–H and O–H groups in total. The molecule has 4 aromatic rings. The largest absolute Gasteiger partial charge is 0.493 e. The predicted molar refractivity (Wildman–Crippen MR) is 140 cm³/mol. The lowest BCUT2D eigenvalue weighted by molar-refractivity contribution is -0.137. The summed E-state index contributed by atoms with van der Waals surface area (Å²) in [7, 11) is 0. The lowest BCUT2D eigenvalue weighted by Crippen LogP contribution is -2.07. The second-order valence-electron chi connectivity index (χ2n) is 8.85. The molecule has 0 aliphatic carbocycles. The standard InChI is InChI=1S/C27H30N4O3S/c1-4-18-5-10-23-24(14-18)35-25(31-23)16-21-15-20(13-17(2)3)29-27(30-21)28-19-6-8-22(9-7-19)34-12-11-26(32)33/h5-10,14-15,17H,4,11-13,16H2,1-3H3,(H,32,33)(H,28,29,30). The fourth-order valence-electron chi connectivity index (χ4n) is 3.71. The summed E-state index contributed by atoms with van der Waals surface area (Å²) in [6.45, 7) is 6.65. The van der Waals surface area contributed by atoms with Gasteiger partial charge in [0.2, 0.25) is 5.95 Å². The average Bonchev–Trinajstić information content (AvgIpc) is 3.20. The highest BCUT2D eigenvalue weighted by Crippen LogP contribution is 2.26. The van der Waals surface area contributed by atoms with E-state index in [2.05, 4.69) is 50.4 Å². The fraction of sp³-hybridized carbons (Fsp3) is 0.333. The zero-order valence-corrected chi connectivity index (χ0v) is 21.1. The van der Waals surface area contributed by atoms with Crippen molar-refractivity contribution in [3.63, 3.8) is 0 Å². The van der Waals surface area contributed by atoms with Crippen LogP contribution in [0.1, 0.15) is 49.2 Å². The van der Waals surface area contributed by atoms with Gasteiger partial charge in [-0.15, -0.1) is 11.3 Å². The molecule has 2 aromatic carbocycles. The molecule has 0 saturated carbocycles. The summed E-state index contributed by atoms with van der Waals surface area (Å²) in [4.78, 5) is 25.0. The second-order valence-corrected chi connectivity index (χ2v) is 9.97. The first-order chi connectivity index (χ1) is 16.9. The molecule has 4 rings (SSSR count). The van der Waals surface area contributed by atoms with Gasteiger partial charge in [0, 0.05) is 17.8 Å². The third-order valence-electron chi connectivity index (χ3n) is 5.38. The number of rotatable bonds is 11. The van der Waals surface area contributed by atoms with Crippen molar-refractivity contribution < 1.29 is 14.6 Å². The number of nitrogens with zero attached hydrogens (tertiary/aromatic N) is 3. The molecule has 7 nitrogen and oxygen atoms in total. The fourth-order valence-corrected chi connectivity index (χ4v) is 4.76. The van der Waals surface area contributed by atoms with Gasteiger partial charge in [-0.25, -0.2) is 15.0 Å². The Labute approximate surface area is 209 Å². The highest BCUT2D eigenvalue weighted by Gasteiger charge is 2.11. The number of carboxylic acids is 1. The van der Waals surface area contributed by atoms with E-state index in [0.717, 1.165) is 40.4 Å². The SMILES string of the molecule is CCc1ccc2nc(Cc3cc(CC(C)C)nc(Nc4ccc(OCCC(=O)O)cc4)n3)sc2c1. The number of benzene rings is 2. The molecular formula is C27H30N4O3S. The van der Waals surface area contributed by atoms with Gasteiger partial charge in [0.05, 0.1) is 33.9 Å². The first-order valence-corrected chi connectivity index (χ1v) is 12.7. The Morgan fingerprint density at radius 1 is 1.06 bits per heavy atom. The van der Waals surface area contributed by atoms with Crippen molar-refractivity contribution in [3.8, 4) is 5.75 Å². The molecule has 35 heavy (non-hydrogen) atoms. The van der Waals surface area contributed by atoms with Gasteiger partial charge in [0.15, 0.2) is 0 Å². The molecule has 0 amide bonds. The molecule has 0 bridgehead atoms. The highest BCUT2D eigenvalue weighted by molar-refractivity contribution is 7.18. The smallest absolute Gasteiger partial charge is 0.306 e. The van der Waals surface area contributed by atoms with Crippen molar-refractivity contribution in [2.75, 3.05) is 11.9 Å². The summed E-state index contributed by atoms with van der Waals surface area (Å²) in [6, 6.07) is 15.9. The quantitative estimate of drug-likeness (QED) is 0.265. The molecule has 2 aromatic heterocycles. The lowest BCUT2D eigenvalue weighted by Gasteiger charge is -2.11. The summed E-state index contributed by atoms with van der Waals surface area (Å²) in [6.07, 6.45) is 2.49. The lowest BCUT2D eigenvalue weighted by atomic mass is 10.1. The van der Waals surface area contributed by atoms with Gasteiger partial charge in [-0.05, 0) is 66.8 Å². The van der Waals surface area contributed by atoms with Crippen molar-refractivity contribution in [1.82, 2.24) is 15.0 Å². The summed E-state index contributed by atoms with van der Waals surface area (Å²) < 4.78 is 6.67. The van der Waals surface area contributed by atoms with Crippen LogP contribution in [0.5, 0.6) is 5.75 Å². The molecule has 0 atom stereocenters. The molecule has 2 heterocycles. The summed E-state index contributed by atoms with van der Waals surface area (Å²) in [5.41, 5.74) is 5.11. The van der Waals surface area contributed by atoms with Crippen LogP contribution >= 0.6 is 11.3 Å². The number of fused-ring (bicyclic) bond motifs is 1. The molecule has 0 spiro atoms. The van der Waals surface area contributed by atoms with E-state index in [9.17, 15) is 4.79 Å². The zero-order valence-electron chi connectivity index (χ0n) is 20.2. The van der Waals surface area contributed by atoms with Crippen LogP contribution in [0.25, 0.3) is 10.2 Å². The predicted octanol–water partition coefficient (Wildman–Crippen LogP) is 6.04. The van der Waals surface area contributed by atoms with Crippen LogP contribution in [-0.2, 0) is 24.1 Å². The number of aliphatic carboxylic acids is 1. The van der Waals surface area contributed by atoms with Crippen LogP contribution < -0.4 is 10.1 Å². The van der Waals surface area contributed by atoms with Crippen LogP contribution in [0.2, 0.25) is 0 Å². The topological polar surface area (TPSA) is 97.2 Å². The van der Waals surface area contributed by atoms with E-state index < -0.39 is 5.97 Å². The highest BCUT2D eigenvalue weighted by atomic mass is 32.1. The minimum absolute atomic E-state index is 0.0340. The number of hydrogen-bond donors (Lipinski definition) is 2. The van der Waals surface area contributed by atoms with Gasteiger partial charge >= 0.3 is 5.97 Å². The van der Waals surface area contributed by atoms with Crippen LogP contribution in [0.15, 0.2) is 48.5 Å². The maximum atomic E-state index is 10.6. The second kappa shape index (κ2) is 11.3. The number of ether oxygens (including phenoxy) is 1. The van der Waals surface area contributed by atoms with Crippen LogP contribution in [0.4, 0.5) is 11.6 Å². The van der Waals surface area contributed by atoms with E-state index >= 15 is 0 Å². The van der Waals surface area contributed by atoms with Crippen molar-refractivity contribution in [2.24, 2.45) is 5.92 Å². The molecular weight excluding hydrogens is 460 g/mol. The Kier molecular flexibility index (Phi) is 7.92. The average molecular weight is 491 g/mol. The number of carbonyl (C=O) groups is 1. The monoisotopic (exact) mass is 490 g/mol. The minimum Gasteiger partial charge on any atom is -0.493 e. The number of aryl methyl sites for hydroxylation is 1. The molecule has 0 aliphatic rings. The van der Waals surface area contributed by atoms with Gasteiger partial charge in [-0.3, -0.25) is 4.79 Å². The molecule has 0 radical (unpaired) electrons. The van der Waals surface area contributed by atoms with E-state index in [0.29, 0.717) is 24.0 Å². The van der Waals surface area contributed by atoms with E-state index in [1.54, 1.807) is 23.5 Å². The van der Waals surface area contributed by atoms with E-state index in [-0.39, 0.29) is 13.0 Å². The Bertz CT molecular complexity index is 1300. The van der Waals surface area contributed by atoms with Gasteiger partial charge < -0.3 is 15.2 Å². The van der Waals surface area contributed by atoms with E-state index in [4.69, 9.17) is 24.8 Å². The number of carboxylic acid groups (broad SMARTS) is 1. The first kappa shape index (κ1) is 24.6. The van der Waals surface area contributed by atoms with E-state index in [1.807, 2.05) is 12.1 Å². The number of thiazole rings is 1. The maximum absolute atomic E-state index is 10.6. The van der Waals surface area contributed by atoms with Crippen LogP contribution in [0.3, 0.4) is 0 Å². The molecule has 0 aliphatic heterocycles. The zero-order chi connectivity index (χ0) is 24.8. The minimum atomic E-state index is -0.880. The molecule has 0 unspecified atom stereocenters. The van der Waals surface area contributed by atoms with Gasteiger partial charge in [0.25, 0.3) is 0 Å². The van der Waals surface area contributed by atoms with Crippen molar-refractivity contribution in [3.05, 3.63) is 70.5 Å². The third-order valence-corrected chi connectivity index (χ3v) is 6.40.